The fraction of sp³-hybridized carbons (Fsp3) is 0.250. The first kappa shape index (κ1) is 23.5. The van der Waals surface area contributed by atoms with Crippen LogP contribution in [0.1, 0.15) is 24.2 Å². The highest BCUT2D eigenvalue weighted by Gasteiger charge is 2.21. The second kappa shape index (κ2) is 10.1. The van der Waals surface area contributed by atoms with E-state index in [1.165, 1.54) is 28.1 Å². The second-order valence-corrected chi connectivity index (χ2v) is 11.9. The lowest BCUT2D eigenvalue weighted by Gasteiger charge is -2.18. The van der Waals surface area contributed by atoms with Crippen LogP contribution in [-0.2, 0) is 21.2 Å². The molecule has 2 heterocycles. The summed E-state index contributed by atoms with van der Waals surface area (Å²) in [5, 5.41) is 0.531. The number of hydrogen-bond acceptors (Lipinski definition) is 7. The maximum Gasteiger partial charge on any atom is 0.229 e. The number of nitrogens with zero attached hydrogens (tertiary/aromatic N) is 2. The van der Waals surface area contributed by atoms with E-state index in [2.05, 4.69) is 36.2 Å². The Morgan fingerprint density at radius 3 is 2.64 bits per heavy atom. The summed E-state index contributed by atoms with van der Waals surface area (Å²) in [5.74, 6) is 1.45. The van der Waals surface area contributed by atoms with Gasteiger partial charge in [-0.1, -0.05) is 29.0 Å². The van der Waals surface area contributed by atoms with Crippen molar-refractivity contribution in [1.82, 2.24) is 4.98 Å². The number of benzene rings is 2. The first-order valence-electron chi connectivity index (χ1n) is 10.4. The van der Waals surface area contributed by atoms with Crippen LogP contribution in [-0.4, -0.2) is 31.3 Å². The Morgan fingerprint density at radius 2 is 1.94 bits per heavy atom. The molecule has 6 nitrogen and oxygen atoms in total. The highest BCUT2D eigenvalue weighted by atomic mass is 32.2. The molecule has 0 spiro atoms. The molecule has 2 aromatic carbocycles. The maximum atomic E-state index is 13.2. The molecule has 0 saturated heterocycles. The Balaban J connectivity index is 1.49. The van der Waals surface area contributed by atoms with Gasteiger partial charge in [-0.25, -0.2) is 13.4 Å². The third kappa shape index (κ3) is 6.04. The van der Waals surface area contributed by atoms with E-state index in [-0.39, 0.29) is 17.3 Å². The molecule has 0 radical (unpaired) electrons. The quantitative estimate of drug-likeness (QED) is 0.216. The third-order valence-electron chi connectivity index (χ3n) is 5.03. The van der Waals surface area contributed by atoms with Gasteiger partial charge in [-0.3, -0.25) is 9.69 Å². The largest absolute Gasteiger partial charge is 0.467 e. The van der Waals surface area contributed by atoms with Crippen molar-refractivity contribution in [3.05, 3.63) is 72.2 Å². The zero-order valence-electron chi connectivity index (χ0n) is 18.4. The van der Waals surface area contributed by atoms with Crippen molar-refractivity contribution in [3.8, 4) is 0 Å². The van der Waals surface area contributed by atoms with Gasteiger partial charge in [0.05, 0.1) is 27.9 Å². The minimum Gasteiger partial charge on any atom is -0.467 e. The monoisotopic (exact) mass is 500 g/mol. The van der Waals surface area contributed by atoms with Crippen molar-refractivity contribution < 1.29 is 17.6 Å². The molecule has 0 atom stereocenters. The molecular formula is C24H24N2O4S3. The van der Waals surface area contributed by atoms with Crippen LogP contribution >= 0.6 is 23.1 Å². The van der Waals surface area contributed by atoms with E-state index in [9.17, 15) is 13.2 Å². The second-order valence-electron chi connectivity index (χ2n) is 7.72. The predicted octanol–water partition coefficient (Wildman–Crippen LogP) is 5.71. The van der Waals surface area contributed by atoms with Gasteiger partial charge in [0.25, 0.3) is 0 Å². The molecular weight excluding hydrogens is 476 g/mol. The third-order valence-corrected chi connectivity index (χ3v) is 8.28. The van der Waals surface area contributed by atoms with Crippen molar-refractivity contribution in [3.63, 3.8) is 0 Å². The van der Waals surface area contributed by atoms with Crippen LogP contribution < -0.4 is 4.90 Å². The molecule has 33 heavy (non-hydrogen) atoms. The minimum absolute atomic E-state index is 0.0432. The number of anilines is 1. The van der Waals surface area contributed by atoms with Crippen LogP contribution in [0.4, 0.5) is 5.13 Å². The number of fused-ring (bicyclic) bond motifs is 1. The van der Waals surface area contributed by atoms with Crippen molar-refractivity contribution in [2.45, 2.75) is 36.1 Å². The van der Waals surface area contributed by atoms with Crippen molar-refractivity contribution in [2.75, 3.05) is 16.9 Å². The maximum absolute atomic E-state index is 13.2. The van der Waals surface area contributed by atoms with Crippen molar-refractivity contribution >= 4 is 54.2 Å². The molecule has 1 amide bonds. The Bertz CT molecular complexity index is 1340. The number of thioether (sulfide) groups is 1. The molecule has 4 aromatic rings. The van der Waals surface area contributed by atoms with E-state index in [1.54, 1.807) is 47.2 Å². The summed E-state index contributed by atoms with van der Waals surface area (Å²) >= 11 is 3.04. The normalized spacial score (nSPS) is 11.7. The topological polar surface area (TPSA) is 80.5 Å². The number of carbonyl (C=O) groups excluding carboxylic acids is 1. The molecule has 0 saturated carbocycles. The molecule has 0 aliphatic heterocycles. The average molecular weight is 501 g/mol. The summed E-state index contributed by atoms with van der Waals surface area (Å²) in [5.41, 5.74) is 1.89. The number of hydrogen-bond donors (Lipinski definition) is 0. The molecule has 172 valence electrons. The summed E-state index contributed by atoms with van der Waals surface area (Å²) in [6.07, 6.45) is 3.86. The highest BCUT2D eigenvalue weighted by Crippen LogP contribution is 2.32. The molecule has 0 aliphatic carbocycles. The van der Waals surface area contributed by atoms with Gasteiger partial charge in [0.15, 0.2) is 15.0 Å². The van der Waals surface area contributed by atoms with Gasteiger partial charge in [0.2, 0.25) is 5.91 Å². The molecule has 9 heteroatoms. The lowest BCUT2D eigenvalue weighted by atomic mass is 10.2. The Morgan fingerprint density at radius 1 is 1.15 bits per heavy atom. The lowest BCUT2D eigenvalue weighted by Crippen LogP contribution is -2.30. The molecule has 0 N–H and O–H groups in total. The average Bonchev–Trinajstić information content (AvgIpc) is 3.44. The van der Waals surface area contributed by atoms with Crippen LogP contribution in [0.5, 0.6) is 0 Å². The van der Waals surface area contributed by atoms with Gasteiger partial charge in [0.1, 0.15) is 5.76 Å². The van der Waals surface area contributed by atoms with E-state index < -0.39 is 9.84 Å². The van der Waals surface area contributed by atoms with Crippen LogP contribution in [0.25, 0.3) is 10.2 Å². The Kier molecular flexibility index (Phi) is 7.21. The molecule has 0 aliphatic rings. The van der Waals surface area contributed by atoms with Crippen LogP contribution in [0.15, 0.2) is 75.1 Å². The van der Waals surface area contributed by atoms with Gasteiger partial charge in [0, 0.05) is 17.6 Å². The lowest BCUT2D eigenvalue weighted by molar-refractivity contribution is -0.118. The first-order chi connectivity index (χ1) is 15.8. The summed E-state index contributed by atoms with van der Waals surface area (Å²) in [4.78, 5) is 20.8. The molecule has 0 bridgehead atoms. The molecule has 2 aromatic heterocycles. The summed E-state index contributed by atoms with van der Waals surface area (Å²) in [6.45, 7) is 2.33. The number of rotatable bonds is 9. The van der Waals surface area contributed by atoms with E-state index >= 15 is 0 Å². The van der Waals surface area contributed by atoms with E-state index in [0.29, 0.717) is 22.8 Å². The number of thiazole rings is 1. The van der Waals surface area contributed by atoms with Crippen molar-refractivity contribution in [1.29, 1.82) is 0 Å². The standard InChI is InChI=1S/C24H24N2O4S3/c1-17-7-9-19(10-8-17)31-14-4-6-23(27)26(16-18-5-3-13-30-18)24-25-21-12-11-20(33(2,28)29)15-22(21)32-24/h3,5,7-13,15H,4,6,14,16H2,1-2H3. The number of aryl methyl sites for hydroxylation is 1. The summed E-state index contributed by atoms with van der Waals surface area (Å²) < 4.78 is 30.0. The number of amides is 1. The van der Waals surface area contributed by atoms with Gasteiger partial charge in [-0.05, 0) is 61.6 Å². The zero-order valence-corrected chi connectivity index (χ0v) is 20.8. The number of aromatic nitrogens is 1. The number of carbonyl (C=O) groups is 1. The number of furan rings is 1. The first-order valence-corrected chi connectivity index (χ1v) is 14.1. The van der Waals surface area contributed by atoms with Crippen LogP contribution in [0.3, 0.4) is 0 Å². The van der Waals surface area contributed by atoms with Crippen molar-refractivity contribution in [2.24, 2.45) is 0 Å². The van der Waals surface area contributed by atoms with E-state index in [0.717, 1.165) is 16.9 Å². The van der Waals surface area contributed by atoms with Crippen LogP contribution in [0, 0.1) is 6.92 Å². The van der Waals surface area contributed by atoms with Gasteiger partial charge < -0.3 is 4.42 Å². The minimum atomic E-state index is -3.32. The SMILES string of the molecule is Cc1ccc(SCCCC(=O)N(Cc2ccco2)c2nc3ccc(S(C)(=O)=O)cc3s2)cc1. The fourth-order valence-corrected chi connectivity index (χ4v) is 5.84. The number of sulfone groups is 1. The smallest absolute Gasteiger partial charge is 0.229 e. The summed E-state index contributed by atoms with van der Waals surface area (Å²) in [6, 6.07) is 16.8. The van der Waals surface area contributed by atoms with E-state index in [1.807, 2.05) is 6.07 Å². The highest BCUT2D eigenvalue weighted by molar-refractivity contribution is 7.99. The van der Waals surface area contributed by atoms with E-state index in [4.69, 9.17) is 4.42 Å². The van der Waals surface area contributed by atoms with Crippen LogP contribution in [0.2, 0.25) is 0 Å². The summed E-state index contributed by atoms with van der Waals surface area (Å²) in [7, 11) is -3.32. The molecule has 0 unspecified atom stereocenters. The molecule has 0 fully saturated rings. The molecule has 4 rings (SSSR count). The Labute approximate surface area is 201 Å². The Hall–Kier alpha value is -2.62. The van der Waals surface area contributed by atoms with Gasteiger partial charge in [-0.15, -0.1) is 11.8 Å². The van der Waals surface area contributed by atoms with Gasteiger partial charge >= 0.3 is 0 Å². The predicted molar refractivity (Wildman–Crippen MR) is 134 cm³/mol. The zero-order chi connectivity index (χ0) is 23.4. The van der Waals surface area contributed by atoms with Gasteiger partial charge in [-0.2, -0.15) is 0 Å². The fourth-order valence-electron chi connectivity index (χ4n) is 3.24.